The average molecular weight is 347 g/mol. The summed E-state index contributed by atoms with van der Waals surface area (Å²) in [6, 6.07) is 15.3. The van der Waals surface area contributed by atoms with Gasteiger partial charge in [0.25, 0.3) is 5.91 Å². The number of aromatic nitrogens is 1. The highest BCUT2D eigenvalue weighted by Crippen LogP contribution is 2.28. The lowest BCUT2D eigenvalue weighted by atomic mass is 10.2. The van der Waals surface area contributed by atoms with Crippen LogP contribution in [0.2, 0.25) is 0 Å². The fourth-order valence-corrected chi connectivity index (χ4v) is 2.55. The molecule has 0 fully saturated rings. The molecule has 3 aromatic rings. The summed E-state index contributed by atoms with van der Waals surface area (Å²) in [5.74, 6) is 0.520. The second kappa shape index (κ2) is 7.70. The van der Waals surface area contributed by atoms with Gasteiger partial charge in [0, 0.05) is 11.9 Å². The summed E-state index contributed by atoms with van der Waals surface area (Å²) in [7, 11) is 1.62. The average Bonchev–Trinajstić information content (AvgIpc) is 2.64. The first-order valence-corrected chi connectivity index (χ1v) is 8.30. The molecule has 0 aliphatic carbocycles. The molecular weight excluding hydrogens is 326 g/mol. The Morgan fingerprint density at radius 3 is 2.38 bits per heavy atom. The van der Waals surface area contributed by atoms with E-state index >= 15 is 0 Å². The van der Waals surface area contributed by atoms with Crippen molar-refractivity contribution in [3.63, 3.8) is 0 Å². The highest BCUT2D eigenvalue weighted by Gasteiger charge is 2.09. The number of rotatable bonds is 5. The second-order valence-electron chi connectivity index (χ2n) is 6.11. The lowest BCUT2D eigenvalue weighted by molar-refractivity contribution is 0.102. The van der Waals surface area contributed by atoms with Crippen molar-refractivity contribution in [1.29, 1.82) is 0 Å². The normalized spacial score (nSPS) is 10.3. The van der Waals surface area contributed by atoms with Crippen molar-refractivity contribution >= 4 is 23.0 Å². The highest BCUT2D eigenvalue weighted by molar-refractivity contribution is 6.04. The molecular formula is C21H21N3O2. The van der Waals surface area contributed by atoms with Crippen LogP contribution in [0.15, 0.2) is 60.9 Å². The van der Waals surface area contributed by atoms with Crippen molar-refractivity contribution in [1.82, 2.24) is 4.98 Å². The van der Waals surface area contributed by atoms with Crippen LogP contribution < -0.4 is 15.4 Å². The number of pyridine rings is 1. The van der Waals surface area contributed by atoms with Gasteiger partial charge < -0.3 is 15.4 Å². The first kappa shape index (κ1) is 17.5. The fraction of sp³-hybridized carbons (Fsp3) is 0.143. The Kier molecular flexibility index (Phi) is 5.17. The molecule has 1 heterocycles. The van der Waals surface area contributed by atoms with Gasteiger partial charge >= 0.3 is 0 Å². The maximum atomic E-state index is 12.5. The molecule has 0 radical (unpaired) electrons. The van der Waals surface area contributed by atoms with Gasteiger partial charge in [0.15, 0.2) is 0 Å². The van der Waals surface area contributed by atoms with Crippen LogP contribution in [-0.4, -0.2) is 18.0 Å². The number of aryl methyl sites for hydroxylation is 2. The quantitative estimate of drug-likeness (QED) is 0.702. The summed E-state index contributed by atoms with van der Waals surface area (Å²) in [6.07, 6.45) is 3.21. The number of carbonyl (C=O) groups excluding carboxylic acids is 1. The predicted octanol–water partition coefficient (Wildman–Crippen LogP) is 4.70. The van der Waals surface area contributed by atoms with E-state index in [-0.39, 0.29) is 5.91 Å². The van der Waals surface area contributed by atoms with E-state index in [1.165, 1.54) is 0 Å². The molecule has 0 aliphatic rings. The van der Waals surface area contributed by atoms with Crippen LogP contribution in [0.3, 0.4) is 0 Å². The third-order valence-electron chi connectivity index (χ3n) is 3.94. The molecule has 3 rings (SSSR count). The molecule has 2 N–H and O–H groups in total. The van der Waals surface area contributed by atoms with Crippen molar-refractivity contribution in [3.05, 3.63) is 77.6 Å². The van der Waals surface area contributed by atoms with Crippen molar-refractivity contribution in [2.45, 2.75) is 13.8 Å². The van der Waals surface area contributed by atoms with Gasteiger partial charge in [0.05, 0.1) is 30.2 Å². The molecule has 0 atom stereocenters. The molecule has 0 bridgehead atoms. The van der Waals surface area contributed by atoms with Crippen molar-refractivity contribution in [2.24, 2.45) is 0 Å². The number of ether oxygens (including phenoxy) is 1. The van der Waals surface area contributed by atoms with E-state index in [2.05, 4.69) is 15.6 Å². The van der Waals surface area contributed by atoms with Crippen LogP contribution in [-0.2, 0) is 0 Å². The van der Waals surface area contributed by atoms with Crippen molar-refractivity contribution in [3.8, 4) is 5.75 Å². The number of hydrogen-bond donors (Lipinski definition) is 2. The third kappa shape index (κ3) is 4.19. The molecule has 1 amide bonds. The SMILES string of the molecule is COc1ccc(C)cc1Nc1cncc(C(=O)Nc2ccc(C)cc2)c1. The number of anilines is 3. The van der Waals surface area contributed by atoms with Gasteiger partial charge in [-0.3, -0.25) is 9.78 Å². The van der Waals surface area contributed by atoms with Gasteiger partial charge in [-0.2, -0.15) is 0 Å². The summed E-state index contributed by atoms with van der Waals surface area (Å²) >= 11 is 0. The molecule has 0 saturated carbocycles. The fourth-order valence-electron chi connectivity index (χ4n) is 2.55. The zero-order valence-corrected chi connectivity index (χ0v) is 15.0. The largest absolute Gasteiger partial charge is 0.495 e. The smallest absolute Gasteiger partial charge is 0.257 e. The van der Waals surface area contributed by atoms with Gasteiger partial charge in [-0.1, -0.05) is 23.8 Å². The van der Waals surface area contributed by atoms with Crippen LogP contribution in [0.25, 0.3) is 0 Å². The number of nitrogens with one attached hydrogen (secondary N) is 2. The predicted molar refractivity (Wildman–Crippen MR) is 104 cm³/mol. The van der Waals surface area contributed by atoms with Crippen LogP contribution in [0.4, 0.5) is 17.1 Å². The molecule has 2 aromatic carbocycles. The summed E-state index contributed by atoms with van der Waals surface area (Å²) in [5.41, 5.74) is 5.01. The van der Waals surface area contributed by atoms with E-state index in [4.69, 9.17) is 4.74 Å². The second-order valence-corrected chi connectivity index (χ2v) is 6.11. The van der Waals surface area contributed by atoms with E-state index in [1.54, 1.807) is 25.6 Å². The Hall–Kier alpha value is -3.34. The van der Waals surface area contributed by atoms with Gasteiger partial charge in [0.1, 0.15) is 5.75 Å². The standard InChI is InChI=1S/C21H21N3O2/c1-14-4-7-17(8-5-14)24-21(25)16-11-18(13-22-12-16)23-19-10-15(2)6-9-20(19)26-3/h4-13,23H,1-3H3,(H,24,25). The maximum absolute atomic E-state index is 12.5. The highest BCUT2D eigenvalue weighted by atomic mass is 16.5. The zero-order chi connectivity index (χ0) is 18.5. The number of benzene rings is 2. The van der Waals surface area contributed by atoms with Gasteiger partial charge in [-0.05, 0) is 49.7 Å². The maximum Gasteiger partial charge on any atom is 0.257 e. The first-order chi connectivity index (χ1) is 12.5. The number of amides is 1. The molecule has 1 aromatic heterocycles. The Labute approximate surface area is 153 Å². The summed E-state index contributed by atoms with van der Waals surface area (Å²) in [4.78, 5) is 16.6. The van der Waals surface area contributed by atoms with Gasteiger partial charge in [0.2, 0.25) is 0 Å². The lowest BCUT2D eigenvalue weighted by Crippen LogP contribution is -2.12. The molecule has 0 unspecified atom stereocenters. The molecule has 5 heteroatoms. The summed E-state index contributed by atoms with van der Waals surface area (Å²) < 4.78 is 5.38. The third-order valence-corrected chi connectivity index (χ3v) is 3.94. The minimum Gasteiger partial charge on any atom is -0.495 e. The van der Waals surface area contributed by atoms with Crippen LogP contribution >= 0.6 is 0 Å². The lowest BCUT2D eigenvalue weighted by Gasteiger charge is -2.12. The summed E-state index contributed by atoms with van der Waals surface area (Å²) in [5, 5.41) is 6.14. The monoisotopic (exact) mass is 347 g/mol. The number of nitrogens with zero attached hydrogens (tertiary/aromatic N) is 1. The molecule has 0 spiro atoms. The first-order valence-electron chi connectivity index (χ1n) is 8.30. The molecule has 0 aliphatic heterocycles. The molecule has 132 valence electrons. The Morgan fingerprint density at radius 2 is 1.65 bits per heavy atom. The molecule has 0 saturated heterocycles. The van der Waals surface area contributed by atoms with E-state index in [9.17, 15) is 4.79 Å². The van der Waals surface area contributed by atoms with E-state index in [1.807, 2.05) is 56.3 Å². The van der Waals surface area contributed by atoms with Gasteiger partial charge in [-0.25, -0.2) is 0 Å². The Balaban J connectivity index is 1.79. The molecule has 5 nitrogen and oxygen atoms in total. The van der Waals surface area contributed by atoms with Gasteiger partial charge in [-0.15, -0.1) is 0 Å². The Morgan fingerprint density at radius 1 is 0.923 bits per heavy atom. The zero-order valence-electron chi connectivity index (χ0n) is 15.0. The Bertz CT molecular complexity index is 921. The number of methoxy groups -OCH3 is 1. The van der Waals surface area contributed by atoms with E-state index in [0.29, 0.717) is 11.3 Å². The van der Waals surface area contributed by atoms with E-state index < -0.39 is 0 Å². The van der Waals surface area contributed by atoms with Crippen LogP contribution in [0, 0.1) is 13.8 Å². The summed E-state index contributed by atoms with van der Waals surface area (Å²) in [6.45, 7) is 4.01. The van der Waals surface area contributed by atoms with Crippen LogP contribution in [0.5, 0.6) is 5.75 Å². The minimum atomic E-state index is -0.207. The van der Waals surface area contributed by atoms with Crippen molar-refractivity contribution in [2.75, 3.05) is 17.7 Å². The van der Waals surface area contributed by atoms with E-state index in [0.717, 1.165) is 28.3 Å². The van der Waals surface area contributed by atoms with Crippen LogP contribution in [0.1, 0.15) is 21.5 Å². The minimum absolute atomic E-state index is 0.207. The topological polar surface area (TPSA) is 63.2 Å². The number of hydrogen-bond acceptors (Lipinski definition) is 4. The number of carbonyl (C=O) groups is 1. The molecule has 26 heavy (non-hydrogen) atoms. The van der Waals surface area contributed by atoms with Crippen molar-refractivity contribution < 1.29 is 9.53 Å².